The Balaban J connectivity index is 1.65. The van der Waals surface area contributed by atoms with Gasteiger partial charge in [0.05, 0.1) is 17.5 Å². The van der Waals surface area contributed by atoms with Crippen LogP contribution in [0.25, 0.3) is 5.69 Å². The van der Waals surface area contributed by atoms with Crippen LogP contribution in [0.4, 0.5) is 0 Å². The van der Waals surface area contributed by atoms with Crippen molar-refractivity contribution in [2.75, 3.05) is 6.54 Å². The van der Waals surface area contributed by atoms with E-state index < -0.39 is 5.60 Å². The van der Waals surface area contributed by atoms with Crippen LogP contribution in [0.1, 0.15) is 41.7 Å². The monoisotopic (exact) mass is 300 g/mol. The lowest BCUT2D eigenvalue weighted by Crippen LogP contribution is -2.40. The molecule has 22 heavy (non-hydrogen) atoms. The Morgan fingerprint density at radius 2 is 2.00 bits per heavy atom. The van der Waals surface area contributed by atoms with Gasteiger partial charge in [0, 0.05) is 6.54 Å². The maximum atomic E-state index is 12.1. The second-order valence-electron chi connectivity index (χ2n) is 6.00. The van der Waals surface area contributed by atoms with Crippen LogP contribution in [0, 0.1) is 6.92 Å². The highest BCUT2D eigenvalue weighted by molar-refractivity contribution is 5.91. The molecule has 6 nitrogen and oxygen atoms in total. The third-order valence-electron chi connectivity index (χ3n) is 4.14. The van der Waals surface area contributed by atoms with E-state index in [2.05, 4.69) is 15.6 Å². The van der Waals surface area contributed by atoms with Crippen LogP contribution < -0.4 is 5.32 Å². The minimum atomic E-state index is -0.761. The number of carbonyl (C=O) groups is 1. The number of rotatable bonds is 4. The van der Waals surface area contributed by atoms with Crippen LogP contribution in [0.5, 0.6) is 0 Å². The molecule has 0 radical (unpaired) electrons. The second kappa shape index (κ2) is 5.88. The normalized spacial score (nSPS) is 16.6. The Labute approximate surface area is 129 Å². The summed E-state index contributed by atoms with van der Waals surface area (Å²) >= 11 is 0. The topological polar surface area (TPSA) is 80.0 Å². The van der Waals surface area contributed by atoms with Crippen LogP contribution >= 0.6 is 0 Å². The predicted octanol–water partition coefficient (Wildman–Crippen LogP) is 1.61. The number of aryl methyl sites for hydroxylation is 1. The van der Waals surface area contributed by atoms with E-state index >= 15 is 0 Å². The summed E-state index contributed by atoms with van der Waals surface area (Å²) in [6.45, 7) is 2.28. The van der Waals surface area contributed by atoms with Gasteiger partial charge in [0.25, 0.3) is 5.91 Å². The molecule has 1 aromatic heterocycles. The Bertz CT molecular complexity index is 657. The second-order valence-corrected chi connectivity index (χ2v) is 6.00. The average Bonchev–Trinajstić information content (AvgIpc) is 3.15. The van der Waals surface area contributed by atoms with Gasteiger partial charge in [-0.3, -0.25) is 4.79 Å². The van der Waals surface area contributed by atoms with Crippen LogP contribution in [0.15, 0.2) is 30.5 Å². The summed E-state index contributed by atoms with van der Waals surface area (Å²) in [5.74, 6) is -0.307. The third kappa shape index (κ3) is 3.17. The van der Waals surface area contributed by atoms with Crippen molar-refractivity contribution in [2.45, 2.75) is 38.2 Å². The highest BCUT2D eigenvalue weighted by Crippen LogP contribution is 2.28. The maximum Gasteiger partial charge on any atom is 0.273 e. The van der Waals surface area contributed by atoms with Crippen molar-refractivity contribution in [3.05, 3.63) is 41.7 Å². The van der Waals surface area contributed by atoms with E-state index in [-0.39, 0.29) is 18.1 Å². The first-order chi connectivity index (χ1) is 10.6. The third-order valence-corrected chi connectivity index (χ3v) is 4.14. The number of nitrogens with zero attached hydrogens (tertiary/aromatic N) is 3. The molecule has 2 N–H and O–H groups in total. The average molecular weight is 300 g/mol. The summed E-state index contributed by atoms with van der Waals surface area (Å²) in [5.41, 5.74) is 1.50. The fourth-order valence-electron chi connectivity index (χ4n) is 2.74. The number of nitrogens with one attached hydrogen (secondary N) is 1. The molecule has 0 aliphatic heterocycles. The van der Waals surface area contributed by atoms with Crippen molar-refractivity contribution in [2.24, 2.45) is 0 Å². The van der Waals surface area contributed by atoms with Gasteiger partial charge < -0.3 is 10.4 Å². The minimum absolute atomic E-state index is 0.252. The first kappa shape index (κ1) is 14.7. The van der Waals surface area contributed by atoms with Crippen LogP contribution in [-0.2, 0) is 0 Å². The lowest BCUT2D eigenvalue weighted by Gasteiger charge is -2.21. The van der Waals surface area contributed by atoms with E-state index in [0.29, 0.717) is 0 Å². The Morgan fingerprint density at radius 3 is 2.68 bits per heavy atom. The van der Waals surface area contributed by atoms with Gasteiger partial charge in [0.1, 0.15) is 0 Å². The molecule has 1 saturated carbocycles. The number of carbonyl (C=O) groups excluding carboxylic acids is 1. The van der Waals surface area contributed by atoms with Crippen LogP contribution in [0.3, 0.4) is 0 Å². The summed E-state index contributed by atoms with van der Waals surface area (Å²) < 4.78 is 1.57. The van der Waals surface area contributed by atoms with Gasteiger partial charge in [0.15, 0.2) is 5.69 Å². The van der Waals surface area contributed by atoms with E-state index in [1.807, 2.05) is 31.2 Å². The summed E-state index contributed by atoms with van der Waals surface area (Å²) in [5, 5.41) is 20.9. The maximum absolute atomic E-state index is 12.1. The van der Waals surface area contributed by atoms with Gasteiger partial charge in [-0.1, -0.05) is 35.8 Å². The molecular formula is C16H20N4O2. The largest absolute Gasteiger partial charge is 0.388 e. The molecule has 0 unspecified atom stereocenters. The molecule has 1 fully saturated rings. The minimum Gasteiger partial charge on any atom is -0.388 e. The molecule has 0 saturated heterocycles. The number of benzene rings is 1. The van der Waals surface area contributed by atoms with E-state index in [1.54, 1.807) is 10.9 Å². The van der Waals surface area contributed by atoms with Crippen molar-refractivity contribution in [1.82, 2.24) is 20.3 Å². The molecule has 2 aromatic rings. The summed E-state index contributed by atoms with van der Waals surface area (Å²) in [6.07, 6.45) is 5.09. The summed E-state index contributed by atoms with van der Waals surface area (Å²) in [6, 6.07) is 7.80. The van der Waals surface area contributed by atoms with Gasteiger partial charge in [-0.15, -0.1) is 5.10 Å². The zero-order valence-corrected chi connectivity index (χ0v) is 12.6. The van der Waals surface area contributed by atoms with Gasteiger partial charge in [0.2, 0.25) is 0 Å². The predicted molar refractivity (Wildman–Crippen MR) is 81.8 cm³/mol. The smallest absolute Gasteiger partial charge is 0.273 e. The quantitative estimate of drug-likeness (QED) is 0.899. The molecule has 0 bridgehead atoms. The first-order valence-electron chi connectivity index (χ1n) is 7.56. The Morgan fingerprint density at radius 1 is 1.32 bits per heavy atom. The molecule has 1 amide bonds. The van der Waals surface area contributed by atoms with Crippen molar-refractivity contribution < 1.29 is 9.90 Å². The summed E-state index contributed by atoms with van der Waals surface area (Å²) in [4.78, 5) is 12.1. The molecule has 3 rings (SSSR count). The molecule has 0 spiro atoms. The van der Waals surface area contributed by atoms with Crippen molar-refractivity contribution in [3.8, 4) is 5.69 Å². The molecule has 6 heteroatoms. The van der Waals surface area contributed by atoms with Gasteiger partial charge in [-0.2, -0.15) is 0 Å². The first-order valence-corrected chi connectivity index (χ1v) is 7.56. The molecule has 116 valence electrons. The number of amides is 1. The van der Waals surface area contributed by atoms with Crippen LogP contribution in [0.2, 0.25) is 0 Å². The number of hydrogen-bond donors (Lipinski definition) is 2. The zero-order valence-electron chi connectivity index (χ0n) is 12.6. The van der Waals surface area contributed by atoms with E-state index in [4.69, 9.17) is 0 Å². The van der Waals surface area contributed by atoms with Crippen molar-refractivity contribution in [3.63, 3.8) is 0 Å². The molecule has 1 aliphatic rings. The van der Waals surface area contributed by atoms with E-state index in [9.17, 15) is 9.90 Å². The standard InChI is InChI=1S/C16H20N4O2/c1-12-4-6-13(7-5-12)20-10-14(18-19-20)15(21)17-11-16(22)8-2-3-9-16/h4-7,10,22H,2-3,8-9,11H2,1H3,(H,17,21). The fraction of sp³-hybridized carbons (Fsp3) is 0.438. The molecule has 1 heterocycles. The Hall–Kier alpha value is -2.21. The van der Waals surface area contributed by atoms with E-state index in [1.165, 1.54) is 0 Å². The molecule has 1 aliphatic carbocycles. The highest BCUT2D eigenvalue weighted by Gasteiger charge is 2.31. The molecule has 0 atom stereocenters. The van der Waals surface area contributed by atoms with E-state index in [0.717, 1.165) is 36.9 Å². The van der Waals surface area contributed by atoms with Gasteiger partial charge in [-0.25, -0.2) is 4.68 Å². The zero-order chi connectivity index (χ0) is 15.6. The Kier molecular flexibility index (Phi) is 3.94. The van der Waals surface area contributed by atoms with Crippen molar-refractivity contribution >= 4 is 5.91 Å². The number of hydrogen-bond acceptors (Lipinski definition) is 4. The lowest BCUT2D eigenvalue weighted by atomic mass is 10.0. The lowest BCUT2D eigenvalue weighted by molar-refractivity contribution is 0.0448. The van der Waals surface area contributed by atoms with Crippen LogP contribution in [-0.4, -0.2) is 38.2 Å². The fourth-order valence-corrected chi connectivity index (χ4v) is 2.74. The molecule has 1 aromatic carbocycles. The highest BCUT2D eigenvalue weighted by atomic mass is 16.3. The SMILES string of the molecule is Cc1ccc(-n2cc(C(=O)NCC3(O)CCCC3)nn2)cc1. The van der Waals surface area contributed by atoms with Gasteiger partial charge in [-0.05, 0) is 31.9 Å². The number of aromatic nitrogens is 3. The molecular weight excluding hydrogens is 280 g/mol. The number of aliphatic hydroxyl groups is 1. The van der Waals surface area contributed by atoms with Gasteiger partial charge >= 0.3 is 0 Å². The van der Waals surface area contributed by atoms with Crippen molar-refractivity contribution in [1.29, 1.82) is 0 Å². The summed E-state index contributed by atoms with van der Waals surface area (Å²) in [7, 11) is 0.